The van der Waals surface area contributed by atoms with Crippen LogP contribution in [0.1, 0.15) is 24.6 Å². The molecule has 0 bridgehead atoms. The monoisotopic (exact) mass is 216 g/mol. The second kappa shape index (κ2) is 3.63. The normalized spacial score (nSPS) is 15.1. The molecule has 0 atom stereocenters. The first-order valence-electron chi connectivity index (χ1n) is 5.35. The van der Waals surface area contributed by atoms with E-state index in [1.165, 1.54) is 12.8 Å². The summed E-state index contributed by atoms with van der Waals surface area (Å²) in [5.74, 6) is 2.77. The Bertz CT molecular complexity index is 486. The van der Waals surface area contributed by atoms with Crippen molar-refractivity contribution in [2.75, 3.05) is 7.11 Å². The molecule has 1 saturated carbocycles. The van der Waals surface area contributed by atoms with E-state index in [4.69, 9.17) is 9.26 Å². The lowest BCUT2D eigenvalue weighted by molar-refractivity contribution is 0.414. The molecule has 82 valence electrons. The van der Waals surface area contributed by atoms with Crippen molar-refractivity contribution in [1.29, 1.82) is 0 Å². The highest BCUT2D eigenvalue weighted by Crippen LogP contribution is 2.38. The SMILES string of the molecule is COc1ccc(-c2nc(C3CC3)no2)cc1. The minimum absolute atomic E-state index is 0.524. The average Bonchev–Trinajstić information content (AvgIpc) is 3.08. The summed E-state index contributed by atoms with van der Waals surface area (Å²) in [5, 5.41) is 3.98. The summed E-state index contributed by atoms with van der Waals surface area (Å²) in [6, 6.07) is 7.61. The van der Waals surface area contributed by atoms with Crippen molar-refractivity contribution in [3.05, 3.63) is 30.1 Å². The van der Waals surface area contributed by atoms with Gasteiger partial charge < -0.3 is 9.26 Å². The molecule has 0 amide bonds. The van der Waals surface area contributed by atoms with E-state index in [1.54, 1.807) is 7.11 Å². The van der Waals surface area contributed by atoms with Crippen molar-refractivity contribution in [3.8, 4) is 17.2 Å². The molecule has 0 saturated heterocycles. The molecular formula is C12H12N2O2. The first-order chi connectivity index (χ1) is 7.86. The summed E-state index contributed by atoms with van der Waals surface area (Å²) in [6.45, 7) is 0. The molecule has 1 fully saturated rings. The van der Waals surface area contributed by atoms with Crippen molar-refractivity contribution in [1.82, 2.24) is 10.1 Å². The maximum absolute atomic E-state index is 5.22. The topological polar surface area (TPSA) is 48.2 Å². The predicted octanol–water partition coefficient (Wildman–Crippen LogP) is 2.62. The summed E-state index contributed by atoms with van der Waals surface area (Å²) < 4.78 is 10.3. The zero-order valence-corrected chi connectivity index (χ0v) is 9.01. The zero-order valence-electron chi connectivity index (χ0n) is 9.01. The van der Waals surface area contributed by atoms with E-state index >= 15 is 0 Å². The molecule has 0 aliphatic heterocycles. The van der Waals surface area contributed by atoms with Crippen molar-refractivity contribution in [3.63, 3.8) is 0 Å². The molecule has 0 spiro atoms. The van der Waals surface area contributed by atoms with Gasteiger partial charge in [-0.15, -0.1) is 0 Å². The molecule has 3 rings (SSSR count). The van der Waals surface area contributed by atoms with Gasteiger partial charge in [-0.25, -0.2) is 0 Å². The van der Waals surface area contributed by atoms with Gasteiger partial charge in [-0.05, 0) is 37.1 Å². The van der Waals surface area contributed by atoms with Gasteiger partial charge >= 0.3 is 0 Å². The number of rotatable bonds is 3. The van der Waals surface area contributed by atoms with Gasteiger partial charge in [0.25, 0.3) is 5.89 Å². The van der Waals surface area contributed by atoms with E-state index in [1.807, 2.05) is 24.3 Å². The molecule has 1 aliphatic rings. The maximum atomic E-state index is 5.22. The number of hydrogen-bond donors (Lipinski definition) is 0. The summed E-state index contributed by atoms with van der Waals surface area (Å²) in [5.41, 5.74) is 0.931. The lowest BCUT2D eigenvalue weighted by atomic mass is 10.2. The fourth-order valence-corrected chi connectivity index (χ4v) is 1.59. The van der Waals surface area contributed by atoms with Crippen LogP contribution in [0.15, 0.2) is 28.8 Å². The lowest BCUT2D eigenvalue weighted by Gasteiger charge is -1.98. The summed E-state index contributed by atoms with van der Waals surface area (Å²) in [6.07, 6.45) is 2.36. The van der Waals surface area contributed by atoms with E-state index in [9.17, 15) is 0 Å². The Morgan fingerprint density at radius 1 is 1.25 bits per heavy atom. The Hall–Kier alpha value is -1.84. The standard InChI is InChI=1S/C12H12N2O2/c1-15-10-6-4-9(5-7-10)12-13-11(14-16-12)8-2-3-8/h4-8H,2-3H2,1H3. The number of methoxy groups -OCH3 is 1. The lowest BCUT2D eigenvalue weighted by Crippen LogP contribution is -1.84. The molecule has 1 aliphatic carbocycles. The Morgan fingerprint density at radius 3 is 2.62 bits per heavy atom. The van der Waals surface area contributed by atoms with E-state index in [2.05, 4.69) is 10.1 Å². The van der Waals surface area contributed by atoms with Gasteiger partial charge in [0.1, 0.15) is 5.75 Å². The van der Waals surface area contributed by atoms with E-state index < -0.39 is 0 Å². The highest BCUT2D eigenvalue weighted by molar-refractivity contribution is 5.54. The largest absolute Gasteiger partial charge is 0.497 e. The Balaban J connectivity index is 1.88. The average molecular weight is 216 g/mol. The molecule has 4 heteroatoms. The van der Waals surface area contributed by atoms with Crippen molar-refractivity contribution in [2.24, 2.45) is 0 Å². The Labute approximate surface area is 93.2 Å². The van der Waals surface area contributed by atoms with E-state index in [-0.39, 0.29) is 0 Å². The number of aromatic nitrogens is 2. The van der Waals surface area contributed by atoms with Gasteiger partial charge in [0.2, 0.25) is 0 Å². The minimum Gasteiger partial charge on any atom is -0.497 e. The summed E-state index contributed by atoms with van der Waals surface area (Å²) >= 11 is 0. The second-order valence-corrected chi connectivity index (χ2v) is 3.96. The van der Waals surface area contributed by atoms with Gasteiger partial charge in [0.15, 0.2) is 5.82 Å². The van der Waals surface area contributed by atoms with Crippen LogP contribution in [0.4, 0.5) is 0 Å². The zero-order chi connectivity index (χ0) is 11.0. The third kappa shape index (κ3) is 1.66. The van der Waals surface area contributed by atoms with Crippen LogP contribution in [0.5, 0.6) is 5.75 Å². The van der Waals surface area contributed by atoms with Crippen molar-refractivity contribution >= 4 is 0 Å². The van der Waals surface area contributed by atoms with Crippen LogP contribution in [0.25, 0.3) is 11.5 Å². The molecule has 16 heavy (non-hydrogen) atoms. The van der Waals surface area contributed by atoms with Gasteiger partial charge in [-0.3, -0.25) is 0 Å². The minimum atomic E-state index is 0.524. The van der Waals surface area contributed by atoms with Crippen LogP contribution in [0.2, 0.25) is 0 Å². The fourth-order valence-electron chi connectivity index (χ4n) is 1.59. The molecule has 4 nitrogen and oxygen atoms in total. The highest BCUT2D eigenvalue weighted by atomic mass is 16.5. The van der Waals surface area contributed by atoms with Gasteiger partial charge in [0.05, 0.1) is 7.11 Å². The Kier molecular flexibility index (Phi) is 2.13. The second-order valence-electron chi connectivity index (χ2n) is 3.96. The van der Waals surface area contributed by atoms with Crippen LogP contribution in [0.3, 0.4) is 0 Å². The maximum Gasteiger partial charge on any atom is 0.257 e. The van der Waals surface area contributed by atoms with Gasteiger partial charge in [-0.1, -0.05) is 5.16 Å². The number of nitrogens with zero attached hydrogens (tertiary/aromatic N) is 2. The third-order valence-electron chi connectivity index (χ3n) is 2.72. The van der Waals surface area contributed by atoms with E-state index in [0.717, 1.165) is 17.1 Å². The van der Waals surface area contributed by atoms with Crippen LogP contribution in [-0.4, -0.2) is 17.3 Å². The molecule has 0 unspecified atom stereocenters. The highest BCUT2D eigenvalue weighted by Gasteiger charge is 2.28. The molecular weight excluding hydrogens is 204 g/mol. The van der Waals surface area contributed by atoms with Gasteiger partial charge in [-0.2, -0.15) is 4.98 Å². The quantitative estimate of drug-likeness (QED) is 0.791. The molecule has 0 N–H and O–H groups in total. The van der Waals surface area contributed by atoms with E-state index in [0.29, 0.717) is 11.8 Å². The smallest absolute Gasteiger partial charge is 0.257 e. The first-order valence-corrected chi connectivity index (χ1v) is 5.35. The molecule has 0 radical (unpaired) electrons. The fraction of sp³-hybridized carbons (Fsp3) is 0.333. The number of ether oxygens (including phenoxy) is 1. The van der Waals surface area contributed by atoms with Crippen LogP contribution >= 0.6 is 0 Å². The first kappa shape index (κ1) is 9.39. The summed E-state index contributed by atoms with van der Waals surface area (Å²) in [7, 11) is 1.65. The number of hydrogen-bond acceptors (Lipinski definition) is 4. The molecule has 1 aromatic carbocycles. The van der Waals surface area contributed by atoms with Crippen LogP contribution < -0.4 is 4.74 Å². The predicted molar refractivity (Wildman–Crippen MR) is 58.3 cm³/mol. The van der Waals surface area contributed by atoms with Crippen LogP contribution in [0, 0.1) is 0 Å². The summed E-state index contributed by atoms with van der Waals surface area (Å²) in [4.78, 5) is 4.38. The van der Waals surface area contributed by atoms with Crippen molar-refractivity contribution < 1.29 is 9.26 Å². The molecule has 1 heterocycles. The van der Waals surface area contributed by atoms with Crippen LogP contribution in [-0.2, 0) is 0 Å². The van der Waals surface area contributed by atoms with Gasteiger partial charge in [0, 0.05) is 11.5 Å². The number of benzene rings is 1. The molecule has 1 aromatic heterocycles. The van der Waals surface area contributed by atoms with Crippen molar-refractivity contribution in [2.45, 2.75) is 18.8 Å². The Morgan fingerprint density at radius 2 is 2.00 bits per heavy atom. The third-order valence-corrected chi connectivity index (χ3v) is 2.72. The molecule has 2 aromatic rings.